The molecule has 6 nitrogen and oxygen atoms in total. The van der Waals surface area contributed by atoms with Crippen molar-refractivity contribution >= 4 is 17.8 Å². The van der Waals surface area contributed by atoms with Gasteiger partial charge in [0.05, 0.1) is 6.54 Å². The monoisotopic (exact) mass is 278 g/mol. The normalized spacial score (nSPS) is 9.70. The van der Waals surface area contributed by atoms with Crippen molar-refractivity contribution < 1.29 is 19.1 Å². The van der Waals surface area contributed by atoms with Gasteiger partial charge in [0.25, 0.3) is 0 Å². The van der Waals surface area contributed by atoms with Gasteiger partial charge in [0.15, 0.2) is 0 Å². The predicted octanol–water partition coefficient (Wildman–Crippen LogP) is 0.960. The lowest BCUT2D eigenvalue weighted by Crippen LogP contribution is -2.40. The Bertz CT molecular complexity index is 473. The van der Waals surface area contributed by atoms with Crippen LogP contribution in [0.1, 0.15) is 12.5 Å². The van der Waals surface area contributed by atoms with Crippen LogP contribution in [0.5, 0.6) is 0 Å². The van der Waals surface area contributed by atoms with E-state index in [1.165, 1.54) is 18.9 Å². The number of hydrogen-bond donors (Lipinski definition) is 1. The Morgan fingerprint density at radius 1 is 1.20 bits per heavy atom. The molecule has 6 heteroatoms. The summed E-state index contributed by atoms with van der Waals surface area (Å²) in [6, 6.07) is 9.22. The lowest BCUT2D eigenvalue weighted by Gasteiger charge is -2.15. The van der Waals surface area contributed by atoms with E-state index in [2.05, 4.69) is 5.32 Å². The molecule has 0 bridgehead atoms. The van der Waals surface area contributed by atoms with E-state index in [1.807, 2.05) is 30.3 Å². The number of alkyl carbamates (subject to hydrolysis) is 1. The van der Waals surface area contributed by atoms with Crippen LogP contribution in [0.2, 0.25) is 0 Å². The van der Waals surface area contributed by atoms with Gasteiger partial charge >= 0.3 is 6.09 Å². The molecule has 20 heavy (non-hydrogen) atoms. The second-order valence-electron chi connectivity index (χ2n) is 4.37. The Balaban J connectivity index is 2.26. The highest BCUT2D eigenvalue weighted by Crippen LogP contribution is 2.00. The van der Waals surface area contributed by atoms with E-state index < -0.39 is 6.09 Å². The number of nitrogens with zero attached hydrogens (tertiary/aromatic N) is 1. The van der Waals surface area contributed by atoms with Crippen molar-refractivity contribution in [2.24, 2.45) is 0 Å². The second kappa shape index (κ2) is 7.93. The summed E-state index contributed by atoms with van der Waals surface area (Å²) in [7, 11) is 1.50. The number of hydrogen-bond acceptors (Lipinski definition) is 4. The fourth-order valence-corrected chi connectivity index (χ4v) is 1.48. The standard InChI is InChI=1S/C14H18N2O4/c1-11(17)9-16(2)13(18)8-15-14(19)20-10-12-6-4-3-5-7-12/h3-7H,8-10H2,1-2H3,(H,15,19). The maximum absolute atomic E-state index is 11.6. The first-order chi connectivity index (χ1) is 9.49. The van der Waals surface area contributed by atoms with Crippen LogP contribution < -0.4 is 5.32 Å². The molecule has 0 aliphatic heterocycles. The summed E-state index contributed by atoms with van der Waals surface area (Å²) >= 11 is 0. The van der Waals surface area contributed by atoms with Gasteiger partial charge < -0.3 is 15.0 Å². The zero-order valence-corrected chi connectivity index (χ0v) is 11.6. The third-order valence-electron chi connectivity index (χ3n) is 2.48. The Morgan fingerprint density at radius 3 is 2.45 bits per heavy atom. The van der Waals surface area contributed by atoms with E-state index in [4.69, 9.17) is 4.74 Å². The molecule has 0 aromatic heterocycles. The van der Waals surface area contributed by atoms with Gasteiger partial charge in [-0.3, -0.25) is 9.59 Å². The quantitative estimate of drug-likeness (QED) is 0.841. The average Bonchev–Trinajstić information content (AvgIpc) is 2.42. The first-order valence-electron chi connectivity index (χ1n) is 6.17. The van der Waals surface area contributed by atoms with Crippen molar-refractivity contribution in [3.05, 3.63) is 35.9 Å². The molecule has 0 radical (unpaired) electrons. The molecule has 1 aromatic rings. The predicted molar refractivity (Wildman–Crippen MR) is 72.9 cm³/mol. The molecule has 0 saturated heterocycles. The van der Waals surface area contributed by atoms with Gasteiger partial charge in [-0.2, -0.15) is 0 Å². The molecular formula is C14H18N2O4. The minimum Gasteiger partial charge on any atom is -0.445 e. The number of ether oxygens (including phenoxy) is 1. The first-order valence-corrected chi connectivity index (χ1v) is 6.17. The minimum absolute atomic E-state index is 0.0274. The molecule has 1 N–H and O–H groups in total. The van der Waals surface area contributed by atoms with Crippen LogP contribution in [0.3, 0.4) is 0 Å². The molecule has 0 fully saturated rings. The molecule has 108 valence electrons. The summed E-state index contributed by atoms with van der Waals surface area (Å²) in [6.07, 6.45) is -0.668. The molecular weight excluding hydrogens is 260 g/mol. The average molecular weight is 278 g/mol. The van der Waals surface area contributed by atoms with Gasteiger partial charge in [-0.15, -0.1) is 0 Å². The van der Waals surface area contributed by atoms with Crippen LogP contribution in [-0.4, -0.2) is 42.8 Å². The van der Waals surface area contributed by atoms with E-state index in [1.54, 1.807) is 0 Å². The van der Waals surface area contributed by atoms with Crippen molar-refractivity contribution in [1.29, 1.82) is 0 Å². The SMILES string of the molecule is CC(=O)CN(C)C(=O)CNC(=O)OCc1ccccc1. The number of amides is 2. The number of carbonyl (C=O) groups is 3. The smallest absolute Gasteiger partial charge is 0.407 e. The summed E-state index contributed by atoms with van der Waals surface area (Å²) in [6.45, 7) is 1.37. The molecule has 2 amide bonds. The lowest BCUT2D eigenvalue weighted by atomic mass is 10.2. The number of carbonyl (C=O) groups excluding carboxylic acids is 3. The van der Waals surface area contributed by atoms with Crippen molar-refractivity contribution in [2.45, 2.75) is 13.5 Å². The zero-order chi connectivity index (χ0) is 15.0. The third-order valence-corrected chi connectivity index (χ3v) is 2.48. The van der Waals surface area contributed by atoms with Crippen molar-refractivity contribution in [3.8, 4) is 0 Å². The highest BCUT2D eigenvalue weighted by Gasteiger charge is 2.12. The number of benzene rings is 1. The number of rotatable bonds is 6. The third kappa shape index (κ3) is 5.99. The van der Waals surface area contributed by atoms with Gasteiger partial charge in [-0.25, -0.2) is 4.79 Å². The topological polar surface area (TPSA) is 75.7 Å². The lowest BCUT2D eigenvalue weighted by molar-refractivity contribution is -0.132. The molecule has 0 unspecified atom stereocenters. The van der Waals surface area contributed by atoms with E-state index in [0.717, 1.165) is 5.56 Å². The number of Topliss-reactive ketones (excluding diaryl/α,β-unsaturated/α-hetero) is 1. The van der Waals surface area contributed by atoms with E-state index in [-0.39, 0.29) is 31.4 Å². The summed E-state index contributed by atoms with van der Waals surface area (Å²) in [5.74, 6) is -0.468. The molecule has 0 saturated carbocycles. The molecule has 0 atom stereocenters. The Morgan fingerprint density at radius 2 is 1.85 bits per heavy atom. The summed E-state index contributed by atoms with van der Waals surface area (Å²) in [4.78, 5) is 35.1. The zero-order valence-electron chi connectivity index (χ0n) is 11.6. The first kappa shape index (κ1) is 15.7. The number of likely N-dealkylation sites (N-methyl/N-ethyl adjacent to an activating group) is 1. The largest absolute Gasteiger partial charge is 0.445 e. The molecule has 1 rings (SSSR count). The molecule has 0 aliphatic rings. The Kier molecular flexibility index (Phi) is 6.22. The maximum atomic E-state index is 11.6. The van der Waals surface area contributed by atoms with Crippen LogP contribution in [0, 0.1) is 0 Å². The van der Waals surface area contributed by atoms with Gasteiger partial charge in [0.1, 0.15) is 18.9 Å². The fraction of sp³-hybridized carbons (Fsp3) is 0.357. The molecule has 1 aromatic carbocycles. The highest BCUT2D eigenvalue weighted by atomic mass is 16.5. The van der Waals surface area contributed by atoms with Crippen LogP contribution in [-0.2, 0) is 20.9 Å². The van der Waals surface area contributed by atoms with E-state index in [9.17, 15) is 14.4 Å². The fourth-order valence-electron chi connectivity index (χ4n) is 1.48. The van der Waals surface area contributed by atoms with Crippen LogP contribution in [0.25, 0.3) is 0 Å². The molecule has 0 spiro atoms. The van der Waals surface area contributed by atoms with Crippen molar-refractivity contribution in [1.82, 2.24) is 10.2 Å². The minimum atomic E-state index is -0.668. The Labute approximate surface area is 117 Å². The van der Waals surface area contributed by atoms with Gasteiger partial charge in [0, 0.05) is 7.05 Å². The maximum Gasteiger partial charge on any atom is 0.407 e. The van der Waals surface area contributed by atoms with E-state index >= 15 is 0 Å². The van der Waals surface area contributed by atoms with Gasteiger partial charge in [-0.1, -0.05) is 30.3 Å². The number of nitrogens with one attached hydrogen (secondary N) is 1. The number of ketones is 1. The summed E-state index contributed by atoms with van der Waals surface area (Å²) in [5.41, 5.74) is 0.864. The molecule has 0 heterocycles. The molecule has 0 aliphatic carbocycles. The van der Waals surface area contributed by atoms with Gasteiger partial charge in [-0.05, 0) is 12.5 Å². The van der Waals surface area contributed by atoms with Crippen LogP contribution in [0.15, 0.2) is 30.3 Å². The Hall–Kier alpha value is -2.37. The second-order valence-corrected chi connectivity index (χ2v) is 4.37. The van der Waals surface area contributed by atoms with Crippen LogP contribution >= 0.6 is 0 Å². The van der Waals surface area contributed by atoms with Crippen molar-refractivity contribution in [3.63, 3.8) is 0 Å². The summed E-state index contributed by atoms with van der Waals surface area (Å²) < 4.78 is 4.95. The van der Waals surface area contributed by atoms with Crippen LogP contribution in [0.4, 0.5) is 4.79 Å². The highest BCUT2D eigenvalue weighted by molar-refractivity contribution is 5.86. The van der Waals surface area contributed by atoms with E-state index in [0.29, 0.717) is 0 Å². The van der Waals surface area contributed by atoms with Crippen molar-refractivity contribution in [2.75, 3.05) is 20.1 Å². The van der Waals surface area contributed by atoms with Gasteiger partial charge in [0.2, 0.25) is 5.91 Å². The summed E-state index contributed by atoms with van der Waals surface area (Å²) in [5, 5.41) is 2.34.